The van der Waals surface area contributed by atoms with Crippen LogP contribution in [0.2, 0.25) is 0 Å². The van der Waals surface area contributed by atoms with E-state index in [9.17, 15) is 4.79 Å². The molecule has 1 unspecified atom stereocenters. The van der Waals surface area contributed by atoms with Crippen LogP contribution in [0, 0.1) is 0 Å². The van der Waals surface area contributed by atoms with Gasteiger partial charge in [-0.1, -0.05) is 6.07 Å². The molecule has 1 fully saturated rings. The van der Waals surface area contributed by atoms with E-state index in [1.54, 1.807) is 11.3 Å². The fourth-order valence-electron chi connectivity index (χ4n) is 1.70. The van der Waals surface area contributed by atoms with Crippen molar-refractivity contribution in [2.24, 2.45) is 0 Å². The molecule has 1 aromatic heterocycles. The summed E-state index contributed by atoms with van der Waals surface area (Å²) in [4.78, 5) is 12.0. The summed E-state index contributed by atoms with van der Waals surface area (Å²) in [7, 11) is 0. The first-order chi connectivity index (χ1) is 8.38. The summed E-state index contributed by atoms with van der Waals surface area (Å²) in [5.41, 5.74) is 0.654. The lowest BCUT2D eigenvalue weighted by Gasteiger charge is -2.22. The van der Waals surface area contributed by atoms with Gasteiger partial charge in [-0.2, -0.15) is 0 Å². The van der Waals surface area contributed by atoms with Gasteiger partial charge in [0.15, 0.2) is 6.29 Å². The highest BCUT2D eigenvalue weighted by molar-refractivity contribution is 7.10. The quantitative estimate of drug-likeness (QED) is 0.597. The molecule has 2 heterocycles. The molecule has 1 aromatic rings. The van der Waals surface area contributed by atoms with Gasteiger partial charge >= 0.3 is 0 Å². The average molecular weight is 252 g/mol. The first-order valence-electron chi connectivity index (χ1n) is 5.81. The van der Waals surface area contributed by atoms with Gasteiger partial charge in [-0.25, -0.2) is 0 Å². The Morgan fingerprint density at radius 3 is 3.18 bits per heavy atom. The van der Waals surface area contributed by atoms with Crippen molar-refractivity contribution in [1.82, 2.24) is 0 Å². The molecule has 0 bridgehead atoms. The Bertz CT molecular complexity index is 364. The SMILES string of the molecule is O=C/C(=C/c1cccs1)COC1CCCCO1. The fourth-order valence-corrected chi connectivity index (χ4v) is 2.39. The third kappa shape index (κ3) is 4.07. The molecule has 2 rings (SSSR count). The monoisotopic (exact) mass is 252 g/mol. The van der Waals surface area contributed by atoms with E-state index in [1.165, 1.54) is 0 Å². The fraction of sp³-hybridized carbons (Fsp3) is 0.462. The van der Waals surface area contributed by atoms with Gasteiger partial charge in [0.2, 0.25) is 0 Å². The predicted molar refractivity (Wildman–Crippen MR) is 67.9 cm³/mol. The van der Waals surface area contributed by atoms with E-state index in [0.717, 1.165) is 37.0 Å². The maximum Gasteiger partial charge on any atom is 0.158 e. The van der Waals surface area contributed by atoms with Gasteiger partial charge in [-0.15, -0.1) is 11.3 Å². The van der Waals surface area contributed by atoms with E-state index in [1.807, 2.05) is 23.6 Å². The summed E-state index contributed by atoms with van der Waals surface area (Å²) in [5, 5.41) is 1.99. The van der Waals surface area contributed by atoms with Crippen LogP contribution in [0.15, 0.2) is 23.1 Å². The second kappa shape index (κ2) is 6.69. The second-order valence-electron chi connectivity index (χ2n) is 3.96. The smallest absolute Gasteiger partial charge is 0.158 e. The molecule has 1 atom stereocenters. The number of carbonyl (C=O) groups excluding carboxylic acids is 1. The Morgan fingerprint density at radius 2 is 2.53 bits per heavy atom. The Hall–Kier alpha value is -0.970. The summed E-state index contributed by atoms with van der Waals surface area (Å²) < 4.78 is 11.0. The maximum absolute atomic E-state index is 10.9. The number of thiophene rings is 1. The Kier molecular flexibility index (Phi) is 4.91. The summed E-state index contributed by atoms with van der Waals surface area (Å²) in [6.45, 7) is 1.09. The lowest BCUT2D eigenvalue weighted by atomic mass is 10.2. The number of hydrogen-bond acceptors (Lipinski definition) is 4. The topological polar surface area (TPSA) is 35.5 Å². The molecule has 3 nitrogen and oxygen atoms in total. The highest BCUT2D eigenvalue weighted by Gasteiger charge is 2.14. The molecule has 1 aliphatic rings. The Balaban J connectivity index is 1.85. The van der Waals surface area contributed by atoms with Crippen LogP contribution in [0.5, 0.6) is 0 Å². The predicted octanol–water partition coefficient (Wildman–Crippen LogP) is 2.87. The van der Waals surface area contributed by atoms with Crippen LogP contribution in [-0.4, -0.2) is 25.8 Å². The van der Waals surface area contributed by atoms with Gasteiger partial charge in [-0.3, -0.25) is 4.79 Å². The van der Waals surface area contributed by atoms with Crippen molar-refractivity contribution in [2.45, 2.75) is 25.6 Å². The third-order valence-electron chi connectivity index (χ3n) is 2.60. The molecule has 0 aliphatic carbocycles. The minimum Gasteiger partial charge on any atom is -0.353 e. The van der Waals surface area contributed by atoms with Gasteiger partial charge < -0.3 is 9.47 Å². The van der Waals surface area contributed by atoms with Gasteiger partial charge in [0.05, 0.1) is 6.61 Å². The van der Waals surface area contributed by atoms with Crippen LogP contribution in [0.4, 0.5) is 0 Å². The van der Waals surface area contributed by atoms with Gasteiger partial charge in [0.1, 0.15) is 6.29 Å². The van der Waals surface area contributed by atoms with Crippen molar-refractivity contribution in [3.8, 4) is 0 Å². The number of carbonyl (C=O) groups is 1. The largest absolute Gasteiger partial charge is 0.353 e. The zero-order valence-electron chi connectivity index (χ0n) is 9.63. The Morgan fingerprint density at radius 1 is 1.59 bits per heavy atom. The lowest BCUT2D eigenvalue weighted by molar-refractivity contribution is -0.157. The molecule has 0 amide bonds. The normalized spacial score (nSPS) is 21.4. The summed E-state index contributed by atoms with van der Waals surface area (Å²) in [6.07, 6.45) is 5.73. The van der Waals surface area contributed by atoms with Gasteiger partial charge in [-0.05, 0) is 36.8 Å². The number of rotatable bonds is 5. The lowest BCUT2D eigenvalue weighted by Crippen LogP contribution is -2.23. The second-order valence-corrected chi connectivity index (χ2v) is 4.94. The highest BCUT2D eigenvalue weighted by atomic mass is 32.1. The first-order valence-corrected chi connectivity index (χ1v) is 6.69. The van der Waals surface area contributed by atoms with Crippen LogP contribution in [-0.2, 0) is 14.3 Å². The number of ether oxygens (including phenoxy) is 2. The van der Waals surface area contributed by atoms with E-state index in [2.05, 4.69) is 0 Å². The molecular weight excluding hydrogens is 236 g/mol. The van der Waals surface area contributed by atoms with E-state index >= 15 is 0 Å². The molecule has 1 saturated heterocycles. The molecular formula is C13H16O3S. The van der Waals surface area contributed by atoms with Crippen molar-refractivity contribution < 1.29 is 14.3 Å². The Labute approximate surface area is 105 Å². The van der Waals surface area contributed by atoms with Gasteiger partial charge in [0.25, 0.3) is 0 Å². The molecule has 17 heavy (non-hydrogen) atoms. The maximum atomic E-state index is 10.9. The van der Waals surface area contributed by atoms with Crippen molar-refractivity contribution in [1.29, 1.82) is 0 Å². The van der Waals surface area contributed by atoms with E-state index in [0.29, 0.717) is 12.2 Å². The van der Waals surface area contributed by atoms with Crippen molar-refractivity contribution >= 4 is 23.7 Å². The summed E-state index contributed by atoms with van der Waals surface area (Å²) in [5.74, 6) is 0. The van der Waals surface area contributed by atoms with Crippen molar-refractivity contribution in [3.05, 3.63) is 28.0 Å². The molecule has 92 valence electrons. The molecule has 1 aliphatic heterocycles. The average Bonchev–Trinajstić information content (AvgIpc) is 2.88. The van der Waals surface area contributed by atoms with Crippen LogP contribution < -0.4 is 0 Å². The zero-order chi connectivity index (χ0) is 11.9. The standard InChI is InChI=1S/C13H16O3S/c14-9-11(8-12-4-3-7-17-12)10-16-13-5-1-2-6-15-13/h3-4,7-9,13H,1-2,5-6,10H2/b11-8-. The summed E-state index contributed by atoms with van der Waals surface area (Å²) >= 11 is 1.61. The van der Waals surface area contributed by atoms with E-state index in [4.69, 9.17) is 9.47 Å². The zero-order valence-corrected chi connectivity index (χ0v) is 10.4. The van der Waals surface area contributed by atoms with Crippen molar-refractivity contribution in [2.75, 3.05) is 13.2 Å². The van der Waals surface area contributed by atoms with Crippen molar-refractivity contribution in [3.63, 3.8) is 0 Å². The minimum atomic E-state index is -0.143. The van der Waals surface area contributed by atoms with E-state index < -0.39 is 0 Å². The number of hydrogen-bond donors (Lipinski definition) is 0. The van der Waals surface area contributed by atoms with Crippen LogP contribution in [0.25, 0.3) is 6.08 Å². The molecule has 0 N–H and O–H groups in total. The highest BCUT2D eigenvalue weighted by Crippen LogP contribution is 2.16. The van der Waals surface area contributed by atoms with Crippen LogP contribution >= 0.6 is 11.3 Å². The molecule has 4 heteroatoms. The molecule has 0 radical (unpaired) electrons. The third-order valence-corrected chi connectivity index (χ3v) is 3.42. The molecule has 0 aromatic carbocycles. The van der Waals surface area contributed by atoms with E-state index in [-0.39, 0.29) is 6.29 Å². The van der Waals surface area contributed by atoms with Gasteiger partial charge in [0, 0.05) is 17.1 Å². The van der Waals surface area contributed by atoms with Crippen LogP contribution in [0.3, 0.4) is 0 Å². The minimum absolute atomic E-state index is 0.143. The number of aldehydes is 1. The molecule has 0 spiro atoms. The van der Waals surface area contributed by atoms with Crippen LogP contribution in [0.1, 0.15) is 24.1 Å². The summed E-state index contributed by atoms with van der Waals surface area (Å²) in [6, 6.07) is 3.94. The molecule has 0 saturated carbocycles. The first kappa shape index (κ1) is 12.5.